The van der Waals surface area contributed by atoms with Gasteiger partial charge in [-0.2, -0.15) is 0 Å². The molecule has 1 rings (SSSR count). The van der Waals surface area contributed by atoms with Crippen molar-refractivity contribution in [3.05, 3.63) is 30.7 Å². The molecule has 2 amide bonds. The largest absolute Gasteiger partial charge is 0.345 e. The van der Waals surface area contributed by atoms with Crippen molar-refractivity contribution in [2.45, 2.75) is 46.2 Å². The van der Waals surface area contributed by atoms with Crippen molar-refractivity contribution in [2.24, 2.45) is 11.8 Å². The van der Waals surface area contributed by atoms with Gasteiger partial charge in [0.25, 0.3) is 5.91 Å². The quantitative estimate of drug-likeness (QED) is 0.661. The molecule has 1 aromatic rings. The molecule has 0 aliphatic heterocycles. The van der Waals surface area contributed by atoms with Crippen molar-refractivity contribution in [1.82, 2.24) is 20.6 Å². The zero-order chi connectivity index (χ0) is 18.1. The molecule has 0 spiro atoms. The lowest BCUT2D eigenvalue weighted by atomic mass is 9.98. The Bertz CT molecular complexity index is 548. The minimum atomic E-state index is -0.744. The Hall–Kier alpha value is -2.31. The van der Waals surface area contributed by atoms with Gasteiger partial charge in [0, 0.05) is 12.4 Å². The summed E-state index contributed by atoms with van der Waals surface area (Å²) < 4.78 is 0. The maximum atomic E-state index is 12.5. The second kappa shape index (κ2) is 9.75. The first-order chi connectivity index (χ1) is 11.4. The third kappa shape index (κ3) is 6.06. The first-order valence-corrected chi connectivity index (χ1v) is 8.01. The second-order valence-electron chi connectivity index (χ2n) is 6.11. The van der Waals surface area contributed by atoms with Crippen LogP contribution in [0.25, 0.3) is 0 Å². The predicted octanol–water partition coefficient (Wildman–Crippen LogP) is 1.17. The zero-order valence-electron chi connectivity index (χ0n) is 14.5. The highest BCUT2D eigenvalue weighted by molar-refractivity contribution is 5.96. The molecular formula is C17H25N4O3. The molecule has 24 heavy (non-hydrogen) atoms. The number of carbonyl (C=O) groups excluding carboxylic acids is 3. The molecule has 1 aromatic heterocycles. The number of carbonyl (C=O) groups is 3. The lowest BCUT2D eigenvalue weighted by molar-refractivity contribution is -0.126. The average molecular weight is 333 g/mol. The fourth-order valence-corrected chi connectivity index (χ4v) is 2.11. The van der Waals surface area contributed by atoms with E-state index >= 15 is 0 Å². The van der Waals surface area contributed by atoms with Gasteiger partial charge in [-0.25, -0.2) is 4.98 Å². The van der Waals surface area contributed by atoms with E-state index in [4.69, 9.17) is 0 Å². The molecule has 7 nitrogen and oxygen atoms in total. The van der Waals surface area contributed by atoms with Gasteiger partial charge in [-0.05, 0) is 24.7 Å². The monoisotopic (exact) mass is 333 g/mol. The SMILES string of the molecule is C[CH][C@H](C)[C@@H](C=O)NC(=O)[C@H](CC(C)C)NC(=O)c1cnccn1. The molecule has 1 radical (unpaired) electrons. The molecule has 0 aliphatic carbocycles. The maximum absolute atomic E-state index is 12.5. The Balaban J connectivity index is 2.82. The van der Waals surface area contributed by atoms with Gasteiger partial charge in [0.05, 0.1) is 12.2 Å². The van der Waals surface area contributed by atoms with Gasteiger partial charge >= 0.3 is 0 Å². The van der Waals surface area contributed by atoms with Gasteiger partial charge in [0.1, 0.15) is 18.0 Å². The molecule has 0 saturated carbocycles. The summed E-state index contributed by atoms with van der Waals surface area (Å²) in [4.78, 5) is 43.7. The van der Waals surface area contributed by atoms with Gasteiger partial charge in [-0.15, -0.1) is 0 Å². The van der Waals surface area contributed by atoms with Gasteiger partial charge in [0.15, 0.2) is 0 Å². The Morgan fingerprint density at radius 3 is 2.42 bits per heavy atom. The van der Waals surface area contributed by atoms with Crippen LogP contribution in [0.3, 0.4) is 0 Å². The molecule has 0 fully saturated rings. The van der Waals surface area contributed by atoms with E-state index in [2.05, 4.69) is 20.6 Å². The summed E-state index contributed by atoms with van der Waals surface area (Å²) in [5.41, 5.74) is 0.140. The zero-order valence-corrected chi connectivity index (χ0v) is 14.5. The van der Waals surface area contributed by atoms with Crippen molar-refractivity contribution >= 4 is 18.1 Å². The summed E-state index contributed by atoms with van der Waals surface area (Å²) in [6.45, 7) is 7.58. The Morgan fingerprint density at radius 2 is 1.92 bits per heavy atom. The lowest BCUT2D eigenvalue weighted by Gasteiger charge is -2.24. The molecule has 0 unspecified atom stereocenters. The van der Waals surface area contributed by atoms with Crippen molar-refractivity contribution in [3.63, 3.8) is 0 Å². The van der Waals surface area contributed by atoms with E-state index in [0.717, 1.165) is 0 Å². The number of aldehydes is 1. The van der Waals surface area contributed by atoms with Crippen LogP contribution in [0.2, 0.25) is 0 Å². The number of aromatic nitrogens is 2. The number of rotatable bonds is 9. The highest BCUT2D eigenvalue weighted by Gasteiger charge is 2.26. The van der Waals surface area contributed by atoms with Gasteiger partial charge in [-0.3, -0.25) is 14.6 Å². The average Bonchev–Trinajstić information content (AvgIpc) is 2.58. The molecule has 2 N–H and O–H groups in total. The first-order valence-electron chi connectivity index (χ1n) is 8.01. The van der Waals surface area contributed by atoms with E-state index < -0.39 is 18.0 Å². The summed E-state index contributed by atoms with van der Waals surface area (Å²) >= 11 is 0. The van der Waals surface area contributed by atoms with Crippen molar-refractivity contribution in [1.29, 1.82) is 0 Å². The number of nitrogens with one attached hydrogen (secondary N) is 2. The van der Waals surface area contributed by atoms with Gasteiger partial charge in [-0.1, -0.05) is 27.7 Å². The van der Waals surface area contributed by atoms with Crippen LogP contribution in [0.15, 0.2) is 18.6 Å². The fraction of sp³-hybridized carbons (Fsp3) is 0.529. The van der Waals surface area contributed by atoms with E-state index in [1.807, 2.05) is 34.1 Å². The van der Waals surface area contributed by atoms with E-state index in [-0.39, 0.29) is 23.4 Å². The molecule has 1 heterocycles. The lowest BCUT2D eigenvalue weighted by Crippen LogP contribution is -2.52. The fourth-order valence-electron chi connectivity index (χ4n) is 2.11. The third-order valence-electron chi connectivity index (χ3n) is 3.67. The smallest absolute Gasteiger partial charge is 0.272 e. The summed E-state index contributed by atoms with van der Waals surface area (Å²) in [5, 5.41) is 5.36. The topological polar surface area (TPSA) is 101 Å². The summed E-state index contributed by atoms with van der Waals surface area (Å²) in [6, 6.07) is -1.36. The van der Waals surface area contributed by atoms with Crippen LogP contribution in [0.5, 0.6) is 0 Å². The number of nitrogens with zero attached hydrogens (tertiary/aromatic N) is 2. The van der Waals surface area contributed by atoms with Crippen LogP contribution in [-0.2, 0) is 9.59 Å². The van der Waals surface area contributed by atoms with Crippen molar-refractivity contribution in [3.8, 4) is 0 Å². The minimum absolute atomic E-state index is 0.0955. The highest BCUT2D eigenvalue weighted by Crippen LogP contribution is 2.09. The minimum Gasteiger partial charge on any atom is -0.345 e. The molecule has 0 aliphatic rings. The molecule has 0 bridgehead atoms. The molecule has 0 aromatic carbocycles. The molecule has 0 saturated heterocycles. The summed E-state index contributed by atoms with van der Waals surface area (Å²) in [6.07, 6.45) is 7.21. The molecule has 7 heteroatoms. The Labute approximate surface area is 142 Å². The van der Waals surface area contributed by atoms with Crippen molar-refractivity contribution in [2.75, 3.05) is 0 Å². The van der Waals surface area contributed by atoms with Crippen LogP contribution in [0.4, 0.5) is 0 Å². The van der Waals surface area contributed by atoms with E-state index in [0.29, 0.717) is 12.7 Å². The van der Waals surface area contributed by atoms with Gasteiger partial charge in [0.2, 0.25) is 5.91 Å². The number of hydrogen-bond donors (Lipinski definition) is 2. The van der Waals surface area contributed by atoms with E-state index in [9.17, 15) is 14.4 Å². The molecule has 3 atom stereocenters. The highest BCUT2D eigenvalue weighted by atomic mass is 16.2. The standard InChI is InChI=1S/C17H25N4O3/c1-5-12(4)15(10-22)21-16(23)13(8-11(2)3)20-17(24)14-9-18-6-7-19-14/h5-7,9-13,15H,8H2,1-4H3,(H,20,24)(H,21,23)/t12-,13-,15+/m0/s1. The van der Waals surface area contributed by atoms with Crippen LogP contribution in [-0.4, -0.2) is 40.2 Å². The Morgan fingerprint density at radius 1 is 1.21 bits per heavy atom. The van der Waals surface area contributed by atoms with Crippen LogP contribution in [0.1, 0.15) is 44.6 Å². The maximum Gasteiger partial charge on any atom is 0.272 e. The van der Waals surface area contributed by atoms with Gasteiger partial charge < -0.3 is 15.4 Å². The first kappa shape index (κ1) is 19.7. The summed E-state index contributed by atoms with van der Waals surface area (Å²) in [7, 11) is 0. The van der Waals surface area contributed by atoms with E-state index in [1.165, 1.54) is 18.6 Å². The normalized spacial score (nSPS) is 14.5. The molecule has 131 valence electrons. The number of hydrogen-bond acceptors (Lipinski definition) is 5. The number of amides is 2. The Kier molecular flexibility index (Phi) is 8.01. The summed E-state index contributed by atoms with van der Waals surface area (Å²) in [5.74, 6) is -0.761. The van der Waals surface area contributed by atoms with Crippen molar-refractivity contribution < 1.29 is 14.4 Å². The van der Waals surface area contributed by atoms with Crippen LogP contribution in [0, 0.1) is 18.3 Å². The second-order valence-corrected chi connectivity index (χ2v) is 6.11. The molecular weight excluding hydrogens is 308 g/mol. The predicted molar refractivity (Wildman–Crippen MR) is 89.9 cm³/mol. The third-order valence-corrected chi connectivity index (χ3v) is 3.67. The van der Waals surface area contributed by atoms with E-state index in [1.54, 1.807) is 0 Å². The van der Waals surface area contributed by atoms with Crippen LogP contribution >= 0.6 is 0 Å². The van der Waals surface area contributed by atoms with Crippen LogP contribution < -0.4 is 10.6 Å².